The van der Waals surface area contributed by atoms with E-state index in [2.05, 4.69) is 15.2 Å². The summed E-state index contributed by atoms with van der Waals surface area (Å²) in [4.78, 5) is 31.6. The average molecular weight is 369 g/mol. The van der Waals surface area contributed by atoms with Gasteiger partial charge in [0, 0.05) is 23.0 Å². The topological polar surface area (TPSA) is 62.3 Å². The molecule has 1 N–H and O–H groups in total. The third-order valence-electron chi connectivity index (χ3n) is 5.09. The molecule has 2 fully saturated rings. The van der Waals surface area contributed by atoms with Crippen LogP contribution in [-0.4, -0.2) is 33.8 Å². The fraction of sp³-hybridized carbons (Fsp3) is 0.450. The quantitative estimate of drug-likeness (QED) is 0.841. The summed E-state index contributed by atoms with van der Waals surface area (Å²) >= 11 is 1.37. The minimum absolute atomic E-state index is 0.177. The van der Waals surface area contributed by atoms with Crippen molar-refractivity contribution in [1.82, 2.24) is 9.88 Å². The Labute approximate surface area is 157 Å². The van der Waals surface area contributed by atoms with Gasteiger partial charge in [-0.25, -0.2) is 4.98 Å². The number of nitrogens with zero attached hydrogens (tertiary/aromatic N) is 2. The molecule has 1 heterocycles. The first-order valence-corrected chi connectivity index (χ1v) is 10.2. The molecule has 0 aliphatic heterocycles. The first kappa shape index (κ1) is 17.2. The second-order valence-electron chi connectivity index (χ2n) is 7.11. The van der Waals surface area contributed by atoms with Crippen LogP contribution in [0.3, 0.4) is 0 Å². The molecular formula is C20H23N3O2S. The van der Waals surface area contributed by atoms with Crippen LogP contribution in [0.1, 0.15) is 54.6 Å². The lowest BCUT2D eigenvalue weighted by Crippen LogP contribution is -2.41. The number of benzene rings is 1. The molecule has 6 heteroatoms. The largest absolute Gasteiger partial charge is 0.336 e. The number of anilines is 1. The van der Waals surface area contributed by atoms with Gasteiger partial charge >= 0.3 is 0 Å². The molecule has 2 aromatic rings. The maximum absolute atomic E-state index is 12.8. The SMILES string of the molecule is O=C(Nc1nc(CC(=O)N(C2CCCC2)C2CC2)cs1)c1ccccc1. The van der Waals surface area contributed by atoms with Gasteiger partial charge in [-0.15, -0.1) is 11.3 Å². The van der Waals surface area contributed by atoms with Gasteiger partial charge in [-0.3, -0.25) is 14.9 Å². The Hall–Kier alpha value is -2.21. The maximum atomic E-state index is 12.8. The molecule has 0 atom stereocenters. The van der Waals surface area contributed by atoms with Gasteiger partial charge in [0.1, 0.15) is 0 Å². The number of carbonyl (C=O) groups excluding carboxylic acids is 2. The van der Waals surface area contributed by atoms with E-state index < -0.39 is 0 Å². The van der Waals surface area contributed by atoms with Crippen LogP contribution in [0.4, 0.5) is 5.13 Å². The summed E-state index contributed by atoms with van der Waals surface area (Å²) in [6.45, 7) is 0. The molecule has 5 nitrogen and oxygen atoms in total. The van der Waals surface area contributed by atoms with Gasteiger partial charge in [-0.1, -0.05) is 31.0 Å². The molecule has 136 valence electrons. The molecule has 0 spiro atoms. The van der Waals surface area contributed by atoms with Gasteiger partial charge in [0.15, 0.2) is 5.13 Å². The molecule has 0 unspecified atom stereocenters. The molecule has 2 aliphatic carbocycles. The fourth-order valence-electron chi connectivity index (χ4n) is 3.69. The summed E-state index contributed by atoms with van der Waals surface area (Å²) in [5, 5.41) is 5.23. The first-order valence-electron chi connectivity index (χ1n) is 9.32. The van der Waals surface area contributed by atoms with E-state index in [0.29, 0.717) is 29.2 Å². The van der Waals surface area contributed by atoms with Crippen LogP contribution in [0.15, 0.2) is 35.7 Å². The highest BCUT2D eigenvalue weighted by molar-refractivity contribution is 7.14. The average Bonchev–Trinajstić information content (AvgIpc) is 3.14. The van der Waals surface area contributed by atoms with E-state index in [0.717, 1.165) is 31.4 Å². The number of carbonyl (C=O) groups is 2. The number of hydrogen-bond acceptors (Lipinski definition) is 4. The summed E-state index contributed by atoms with van der Waals surface area (Å²) in [6.07, 6.45) is 7.33. The van der Waals surface area contributed by atoms with Crippen molar-refractivity contribution in [3.05, 3.63) is 47.0 Å². The molecule has 2 saturated carbocycles. The van der Waals surface area contributed by atoms with Crippen LogP contribution in [0.25, 0.3) is 0 Å². The molecular weight excluding hydrogens is 346 g/mol. The van der Waals surface area contributed by atoms with Gasteiger partial charge in [0.25, 0.3) is 5.91 Å². The third-order valence-corrected chi connectivity index (χ3v) is 5.89. The van der Waals surface area contributed by atoms with Crippen molar-refractivity contribution >= 4 is 28.3 Å². The predicted molar refractivity (Wildman–Crippen MR) is 102 cm³/mol. The summed E-state index contributed by atoms with van der Waals surface area (Å²) in [5.41, 5.74) is 1.34. The van der Waals surface area contributed by atoms with Crippen LogP contribution in [0.2, 0.25) is 0 Å². The molecule has 26 heavy (non-hydrogen) atoms. The molecule has 2 amide bonds. The zero-order valence-electron chi connectivity index (χ0n) is 14.7. The van der Waals surface area contributed by atoms with E-state index in [1.54, 1.807) is 12.1 Å². The summed E-state index contributed by atoms with van der Waals surface area (Å²) in [6, 6.07) is 9.93. The zero-order valence-corrected chi connectivity index (χ0v) is 15.5. The molecule has 4 rings (SSSR count). The predicted octanol–water partition coefficient (Wildman–Crippen LogP) is 3.87. The van der Waals surface area contributed by atoms with Gasteiger partial charge in [0.2, 0.25) is 5.91 Å². The number of hydrogen-bond donors (Lipinski definition) is 1. The van der Waals surface area contributed by atoms with Crippen LogP contribution in [-0.2, 0) is 11.2 Å². The summed E-state index contributed by atoms with van der Waals surface area (Å²) in [5.74, 6) is 0.00836. The first-order chi connectivity index (χ1) is 12.7. The minimum Gasteiger partial charge on any atom is -0.336 e. The fourth-order valence-corrected chi connectivity index (χ4v) is 4.40. The number of thiazole rings is 1. The molecule has 2 aliphatic rings. The molecule has 0 bridgehead atoms. The Bertz CT molecular complexity index is 779. The van der Waals surface area contributed by atoms with Crippen LogP contribution < -0.4 is 5.32 Å². The third kappa shape index (κ3) is 3.96. The highest BCUT2D eigenvalue weighted by Gasteiger charge is 2.38. The summed E-state index contributed by atoms with van der Waals surface area (Å²) in [7, 11) is 0. The molecule has 0 saturated heterocycles. The Balaban J connectivity index is 1.38. The van der Waals surface area contributed by atoms with E-state index in [-0.39, 0.29) is 11.8 Å². The van der Waals surface area contributed by atoms with E-state index in [1.807, 2.05) is 23.6 Å². The van der Waals surface area contributed by atoms with Gasteiger partial charge in [-0.2, -0.15) is 0 Å². The van der Waals surface area contributed by atoms with Crippen LogP contribution in [0.5, 0.6) is 0 Å². The van der Waals surface area contributed by atoms with Crippen molar-refractivity contribution in [3.8, 4) is 0 Å². The highest BCUT2D eigenvalue weighted by atomic mass is 32.1. The Morgan fingerprint density at radius 3 is 2.46 bits per heavy atom. The zero-order chi connectivity index (χ0) is 17.9. The lowest BCUT2D eigenvalue weighted by molar-refractivity contribution is -0.133. The Kier molecular flexibility index (Phi) is 5.02. The van der Waals surface area contributed by atoms with Gasteiger partial charge < -0.3 is 4.90 Å². The number of amides is 2. The summed E-state index contributed by atoms with van der Waals surface area (Å²) < 4.78 is 0. The van der Waals surface area contributed by atoms with Crippen molar-refractivity contribution in [3.63, 3.8) is 0 Å². The normalized spacial score (nSPS) is 17.2. The van der Waals surface area contributed by atoms with Gasteiger partial charge in [-0.05, 0) is 37.8 Å². The van der Waals surface area contributed by atoms with E-state index in [4.69, 9.17) is 0 Å². The van der Waals surface area contributed by atoms with Gasteiger partial charge in [0.05, 0.1) is 12.1 Å². The number of rotatable bonds is 6. The lowest BCUT2D eigenvalue weighted by atomic mass is 10.1. The standard InChI is InChI=1S/C20H23N3O2S/c24-18(23(17-10-11-17)16-8-4-5-9-16)12-15-13-26-20(21-15)22-19(25)14-6-2-1-3-7-14/h1-3,6-7,13,16-17H,4-5,8-12H2,(H,21,22,25). The van der Waals surface area contributed by atoms with Crippen LogP contribution in [0, 0.1) is 0 Å². The molecule has 1 aromatic carbocycles. The van der Waals surface area contributed by atoms with E-state index >= 15 is 0 Å². The second-order valence-corrected chi connectivity index (χ2v) is 7.97. The van der Waals surface area contributed by atoms with Crippen molar-refractivity contribution in [1.29, 1.82) is 0 Å². The number of aromatic nitrogens is 1. The Morgan fingerprint density at radius 2 is 1.77 bits per heavy atom. The smallest absolute Gasteiger partial charge is 0.257 e. The van der Waals surface area contributed by atoms with Crippen molar-refractivity contribution in [2.45, 2.75) is 57.0 Å². The maximum Gasteiger partial charge on any atom is 0.257 e. The van der Waals surface area contributed by atoms with E-state index in [1.165, 1.54) is 24.2 Å². The monoisotopic (exact) mass is 369 g/mol. The second kappa shape index (κ2) is 7.58. The van der Waals surface area contributed by atoms with Crippen molar-refractivity contribution in [2.24, 2.45) is 0 Å². The van der Waals surface area contributed by atoms with Crippen molar-refractivity contribution < 1.29 is 9.59 Å². The minimum atomic E-state index is -0.177. The van der Waals surface area contributed by atoms with Crippen molar-refractivity contribution in [2.75, 3.05) is 5.32 Å². The molecule has 1 aromatic heterocycles. The Morgan fingerprint density at radius 1 is 1.08 bits per heavy atom. The van der Waals surface area contributed by atoms with Crippen LogP contribution >= 0.6 is 11.3 Å². The van der Waals surface area contributed by atoms with E-state index in [9.17, 15) is 9.59 Å². The lowest BCUT2D eigenvalue weighted by Gasteiger charge is -2.29. The highest BCUT2D eigenvalue weighted by Crippen LogP contribution is 2.35. The molecule has 0 radical (unpaired) electrons. The number of nitrogens with one attached hydrogen (secondary N) is 1.